The highest BCUT2D eigenvalue weighted by Crippen LogP contribution is 2.25. The zero-order valence-corrected chi connectivity index (χ0v) is 10.2. The van der Waals surface area contributed by atoms with Crippen LogP contribution < -0.4 is 0 Å². The minimum absolute atomic E-state index is 0.178. The Balaban J connectivity index is 2.11. The molecule has 1 aliphatic rings. The number of hydrogen-bond donors (Lipinski definition) is 1. The zero-order chi connectivity index (χ0) is 11.6. The first-order valence-corrected chi connectivity index (χ1v) is 7.21. The lowest BCUT2D eigenvalue weighted by molar-refractivity contribution is 0.310. The van der Waals surface area contributed by atoms with Crippen molar-refractivity contribution in [3.05, 3.63) is 18.2 Å². The van der Waals surface area contributed by atoms with E-state index in [9.17, 15) is 8.42 Å². The lowest BCUT2D eigenvalue weighted by Crippen LogP contribution is -2.40. The van der Waals surface area contributed by atoms with Crippen molar-refractivity contribution in [1.29, 1.82) is 0 Å². The van der Waals surface area contributed by atoms with Crippen LogP contribution in [-0.4, -0.2) is 41.5 Å². The minimum atomic E-state index is -3.05. The zero-order valence-electron chi connectivity index (χ0n) is 9.39. The molecule has 0 amide bonds. The van der Waals surface area contributed by atoms with Crippen LogP contribution in [0.3, 0.4) is 0 Å². The smallest absolute Gasteiger partial charge is 0.213 e. The number of nitrogens with one attached hydrogen (secondary N) is 1. The molecule has 1 saturated heterocycles. The number of hydrogen-bond acceptors (Lipinski definition) is 3. The maximum Gasteiger partial charge on any atom is 0.213 e. The van der Waals surface area contributed by atoms with Crippen LogP contribution in [0.2, 0.25) is 0 Å². The monoisotopic (exact) mass is 243 g/mol. The van der Waals surface area contributed by atoms with Gasteiger partial charge in [0.05, 0.1) is 5.75 Å². The van der Waals surface area contributed by atoms with Gasteiger partial charge in [0, 0.05) is 31.4 Å². The van der Waals surface area contributed by atoms with Gasteiger partial charge in [0.25, 0.3) is 0 Å². The number of piperidine rings is 1. The van der Waals surface area contributed by atoms with E-state index in [1.165, 1.54) is 0 Å². The Bertz CT molecular complexity index is 427. The second kappa shape index (κ2) is 4.55. The van der Waals surface area contributed by atoms with Gasteiger partial charge in [-0.2, -0.15) is 0 Å². The Kier molecular flexibility index (Phi) is 3.30. The lowest BCUT2D eigenvalue weighted by atomic mass is 9.99. The number of imidazole rings is 1. The largest absolute Gasteiger partial charge is 0.348 e. The first-order chi connectivity index (χ1) is 7.63. The lowest BCUT2D eigenvalue weighted by Gasteiger charge is -2.30. The predicted molar refractivity (Wildman–Crippen MR) is 61.6 cm³/mol. The fraction of sp³-hybridized carbons (Fsp3) is 0.700. The topological polar surface area (TPSA) is 66.1 Å². The van der Waals surface area contributed by atoms with Crippen molar-refractivity contribution < 1.29 is 8.42 Å². The molecule has 6 heteroatoms. The molecule has 1 aromatic heterocycles. The number of rotatable bonds is 3. The van der Waals surface area contributed by atoms with Gasteiger partial charge in [0.1, 0.15) is 5.82 Å². The van der Waals surface area contributed by atoms with Crippen molar-refractivity contribution in [3.8, 4) is 0 Å². The second-order valence-electron chi connectivity index (χ2n) is 4.07. The maximum absolute atomic E-state index is 11.8. The number of aromatic nitrogens is 2. The van der Waals surface area contributed by atoms with Crippen molar-refractivity contribution in [1.82, 2.24) is 14.3 Å². The van der Waals surface area contributed by atoms with Crippen LogP contribution in [0.1, 0.15) is 31.5 Å². The first-order valence-electron chi connectivity index (χ1n) is 5.60. The molecule has 0 aromatic carbocycles. The Morgan fingerprint density at radius 1 is 1.62 bits per heavy atom. The van der Waals surface area contributed by atoms with Gasteiger partial charge in [0.15, 0.2) is 0 Å². The molecule has 5 nitrogen and oxygen atoms in total. The summed E-state index contributed by atoms with van der Waals surface area (Å²) in [6.45, 7) is 2.89. The molecule has 0 bridgehead atoms. The third kappa shape index (κ3) is 2.27. The van der Waals surface area contributed by atoms with E-state index in [1.54, 1.807) is 23.6 Å². The molecule has 0 unspecified atom stereocenters. The van der Waals surface area contributed by atoms with E-state index in [1.807, 2.05) is 0 Å². The van der Waals surface area contributed by atoms with Gasteiger partial charge in [-0.05, 0) is 19.8 Å². The predicted octanol–water partition coefficient (Wildman–Crippen LogP) is 0.939. The van der Waals surface area contributed by atoms with Gasteiger partial charge < -0.3 is 4.98 Å². The third-order valence-corrected chi connectivity index (χ3v) is 4.90. The quantitative estimate of drug-likeness (QED) is 0.859. The van der Waals surface area contributed by atoms with E-state index >= 15 is 0 Å². The Morgan fingerprint density at radius 3 is 3.06 bits per heavy atom. The molecule has 2 rings (SSSR count). The molecule has 0 aliphatic carbocycles. The highest BCUT2D eigenvalue weighted by Gasteiger charge is 2.29. The van der Waals surface area contributed by atoms with Crippen molar-refractivity contribution >= 4 is 10.0 Å². The summed E-state index contributed by atoms with van der Waals surface area (Å²) in [5.74, 6) is 1.29. The summed E-state index contributed by atoms with van der Waals surface area (Å²) < 4.78 is 25.1. The number of nitrogens with zero attached hydrogens (tertiary/aromatic N) is 2. The number of aromatic amines is 1. The van der Waals surface area contributed by atoms with E-state index in [4.69, 9.17) is 0 Å². The van der Waals surface area contributed by atoms with Crippen molar-refractivity contribution in [2.24, 2.45) is 0 Å². The summed E-state index contributed by atoms with van der Waals surface area (Å²) in [5, 5.41) is 0. The number of sulfonamides is 1. The molecule has 0 saturated carbocycles. The molecule has 1 fully saturated rings. The van der Waals surface area contributed by atoms with Crippen LogP contribution in [0.5, 0.6) is 0 Å². The van der Waals surface area contributed by atoms with Crippen LogP contribution in [0.25, 0.3) is 0 Å². The van der Waals surface area contributed by atoms with Crippen LogP contribution in [-0.2, 0) is 10.0 Å². The van der Waals surface area contributed by atoms with E-state index in [0.29, 0.717) is 13.1 Å². The van der Waals surface area contributed by atoms with E-state index in [2.05, 4.69) is 9.97 Å². The van der Waals surface area contributed by atoms with Gasteiger partial charge >= 0.3 is 0 Å². The van der Waals surface area contributed by atoms with E-state index in [-0.39, 0.29) is 11.7 Å². The molecule has 1 aliphatic heterocycles. The summed E-state index contributed by atoms with van der Waals surface area (Å²) in [7, 11) is -3.05. The second-order valence-corrected chi connectivity index (χ2v) is 6.33. The molecule has 16 heavy (non-hydrogen) atoms. The SMILES string of the molecule is CCS(=O)(=O)N1CCC[C@H](c2ncc[nH]2)C1. The van der Waals surface area contributed by atoms with Gasteiger partial charge in [-0.1, -0.05) is 0 Å². The van der Waals surface area contributed by atoms with Crippen LogP contribution >= 0.6 is 0 Å². The molecular weight excluding hydrogens is 226 g/mol. The summed E-state index contributed by atoms with van der Waals surface area (Å²) in [6, 6.07) is 0. The molecule has 0 spiro atoms. The standard InChI is InChI=1S/C10H17N3O2S/c1-2-16(14,15)13-7-3-4-9(8-13)10-11-5-6-12-10/h5-6,9H,2-4,7-8H2,1H3,(H,11,12)/t9-/m0/s1. The highest BCUT2D eigenvalue weighted by atomic mass is 32.2. The van der Waals surface area contributed by atoms with Crippen molar-refractivity contribution in [2.75, 3.05) is 18.8 Å². The van der Waals surface area contributed by atoms with Gasteiger partial charge in [-0.3, -0.25) is 0 Å². The summed E-state index contributed by atoms with van der Waals surface area (Å²) >= 11 is 0. The average molecular weight is 243 g/mol. The Morgan fingerprint density at radius 2 is 2.44 bits per heavy atom. The van der Waals surface area contributed by atoms with E-state index in [0.717, 1.165) is 18.7 Å². The summed E-state index contributed by atoms with van der Waals surface area (Å²) in [5.41, 5.74) is 0. The average Bonchev–Trinajstić information content (AvgIpc) is 2.83. The molecule has 1 aromatic rings. The third-order valence-electron chi connectivity index (χ3n) is 3.05. The maximum atomic E-state index is 11.8. The van der Waals surface area contributed by atoms with Crippen LogP contribution in [0.4, 0.5) is 0 Å². The first kappa shape index (κ1) is 11.6. The van der Waals surface area contributed by atoms with Gasteiger partial charge in [0.2, 0.25) is 10.0 Å². The summed E-state index contributed by atoms with van der Waals surface area (Å²) in [6.07, 6.45) is 5.40. The molecule has 90 valence electrons. The minimum Gasteiger partial charge on any atom is -0.348 e. The van der Waals surface area contributed by atoms with Crippen molar-refractivity contribution in [2.45, 2.75) is 25.7 Å². The molecular formula is C10H17N3O2S. The van der Waals surface area contributed by atoms with Crippen LogP contribution in [0.15, 0.2) is 12.4 Å². The fourth-order valence-electron chi connectivity index (χ4n) is 2.10. The van der Waals surface area contributed by atoms with E-state index < -0.39 is 10.0 Å². The van der Waals surface area contributed by atoms with Gasteiger partial charge in [-0.25, -0.2) is 17.7 Å². The fourth-order valence-corrected chi connectivity index (χ4v) is 3.28. The number of H-pyrrole nitrogens is 1. The Labute approximate surface area is 95.9 Å². The Hall–Kier alpha value is -0.880. The van der Waals surface area contributed by atoms with Crippen molar-refractivity contribution in [3.63, 3.8) is 0 Å². The van der Waals surface area contributed by atoms with Gasteiger partial charge in [-0.15, -0.1) is 0 Å². The normalized spacial score (nSPS) is 23.4. The molecule has 1 atom stereocenters. The van der Waals surface area contributed by atoms with Crippen LogP contribution in [0, 0.1) is 0 Å². The molecule has 0 radical (unpaired) electrons. The molecule has 2 heterocycles. The molecule has 1 N–H and O–H groups in total. The highest BCUT2D eigenvalue weighted by molar-refractivity contribution is 7.89. The summed E-state index contributed by atoms with van der Waals surface area (Å²) in [4.78, 5) is 7.27.